The molecule has 7 heteroatoms. The largest absolute Gasteiger partial charge is 0.493 e. The summed E-state index contributed by atoms with van der Waals surface area (Å²) in [5.74, 6) is 1.01. The number of morpholine rings is 1. The van der Waals surface area contributed by atoms with Crippen molar-refractivity contribution < 1.29 is 19.0 Å². The molecule has 2 atom stereocenters. The summed E-state index contributed by atoms with van der Waals surface area (Å²) in [6.45, 7) is 5.53. The number of methoxy groups -OCH3 is 2. The van der Waals surface area contributed by atoms with E-state index in [2.05, 4.69) is 9.89 Å². The highest BCUT2D eigenvalue weighted by atomic mass is 32.2. The highest BCUT2D eigenvalue weighted by Crippen LogP contribution is 2.36. The molecule has 6 nitrogen and oxygen atoms in total. The third-order valence-corrected chi connectivity index (χ3v) is 5.06. The standard InChI is InChI=1S/C18H22N2O4S/c1-11-9-20(10-12(2)24-11)18-19-17(21)15(25-18)8-13-6-5-7-14(22-3)16(13)23-4/h5-8,11-12H,9-10H2,1-4H3/b15-8-/t11-,12-/m0/s1. The maximum absolute atomic E-state index is 12.3. The summed E-state index contributed by atoms with van der Waals surface area (Å²) in [7, 11) is 3.17. The first kappa shape index (κ1) is 17.8. The van der Waals surface area contributed by atoms with E-state index in [4.69, 9.17) is 14.2 Å². The Labute approximate surface area is 151 Å². The van der Waals surface area contributed by atoms with Crippen LogP contribution in [0.5, 0.6) is 11.5 Å². The second-order valence-electron chi connectivity index (χ2n) is 6.06. The van der Waals surface area contributed by atoms with Crippen LogP contribution in [0.25, 0.3) is 6.08 Å². The molecule has 0 spiro atoms. The maximum atomic E-state index is 12.3. The molecule has 2 aliphatic heterocycles. The van der Waals surface area contributed by atoms with Crippen LogP contribution < -0.4 is 9.47 Å². The van der Waals surface area contributed by atoms with Crippen LogP contribution in [0.4, 0.5) is 0 Å². The summed E-state index contributed by atoms with van der Waals surface area (Å²) in [5.41, 5.74) is 0.790. The number of benzene rings is 1. The van der Waals surface area contributed by atoms with Crippen molar-refractivity contribution in [3.63, 3.8) is 0 Å². The monoisotopic (exact) mass is 362 g/mol. The lowest BCUT2D eigenvalue weighted by molar-refractivity contribution is -0.113. The van der Waals surface area contributed by atoms with Crippen molar-refractivity contribution in [3.05, 3.63) is 28.7 Å². The molecule has 2 aliphatic rings. The van der Waals surface area contributed by atoms with Gasteiger partial charge in [0.25, 0.3) is 5.91 Å². The summed E-state index contributed by atoms with van der Waals surface area (Å²) >= 11 is 1.39. The minimum atomic E-state index is -0.225. The molecule has 1 aromatic carbocycles. The van der Waals surface area contributed by atoms with Gasteiger partial charge in [0.05, 0.1) is 31.3 Å². The number of amides is 1. The van der Waals surface area contributed by atoms with E-state index >= 15 is 0 Å². The molecule has 0 aliphatic carbocycles. The molecule has 0 unspecified atom stereocenters. The number of ether oxygens (including phenoxy) is 3. The van der Waals surface area contributed by atoms with Crippen molar-refractivity contribution in [2.75, 3.05) is 27.3 Å². The molecule has 1 amide bonds. The highest BCUT2D eigenvalue weighted by molar-refractivity contribution is 8.18. The van der Waals surface area contributed by atoms with Gasteiger partial charge in [-0.05, 0) is 37.8 Å². The van der Waals surface area contributed by atoms with Crippen molar-refractivity contribution >= 4 is 28.9 Å². The van der Waals surface area contributed by atoms with E-state index in [1.165, 1.54) is 11.8 Å². The fourth-order valence-corrected chi connectivity index (χ4v) is 3.96. The normalized spacial score (nSPS) is 25.3. The van der Waals surface area contributed by atoms with Crippen LogP contribution >= 0.6 is 11.8 Å². The van der Waals surface area contributed by atoms with Crippen LogP contribution in [-0.4, -0.2) is 55.5 Å². The zero-order valence-corrected chi connectivity index (χ0v) is 15.6. The fourth-order valence-electron chi connectivity index (χ4n) is 3.03. The van der Waals surface area contributed by atoms with Gasteiger partial charge in [0.15, 0.2) is 16.7 Å². The number of para-hydroxylation sites is 1. The Hall–Kier alpha value is -1.99. The summed E-state index contributed by atoms with van der Waals surface area (Å²) in [6, 6.07) is 5.58. The molecule has 2 heterocycles. The van der Waals surface area contributed by atoms with E-state index in [0.29, 0.717) is 16.4 Å². The Morgan fingerprint density at radius 2 is 1.96 bits per heavy atom. The van der Waals surface area contributed by atoms with Gasteiger partial charge in [-0.1, -0.05) is 12.1 Å². The molecule has 0 saturated carbocycles. The lowest BCUT2D eigenvalue weighted by atomic mass is 10.1. The van der Waals surface area contributed by atoms with Crippen LogP contribution in [0.2, 0.25) is 0 Å². The second kappa shape index (κ2) is 7.49. The first-order chi connectivity index (χ1) is 12.0. The smallest absolute Gasteiger partial charge is 0.286 e. The molecule has 25 heavy (non-hydrogen) atoms. The third-order valence-electron chi connectivity index (χ3n) is 4.02. The average molecular weight is 362 g/mol. The Bertz CT molecular complexity index is 722. The van der Waals surface area contributed by atoms with Gasteiger partial charge in [-0.2, -0.15) is 4.99 Å². The number of amidine groups is 1. The van der Waals surface area contributed by atoms with E-state index in [9.17, 15) is 4.79 Å². The number of rotatable bonds is 3. The molecule has 1 fully saturated rings. The number of hydrogen-bond donors (Lipinski definition) is 0. The van der Waals surface area contributed by atoms with Crippen LogP contribution in [0.3, 0.4) is 0 Å². The van der Waals surface area contributed by atoms with Crippen LogP contribution in [0, 0.1) is 0 Å². The van der Waals surface area contributed by atoms with Crippen LogP contribution in [0.1, 0.15) is 19.4 Å². The summed E-state index contributed by atoms with van der Waals surface area (Å²) in [6.07, 6.45) is 2.04. The summed E-state index contributed by atoms with van der Waals surface area (Å²) in [4.78, 5) is 19.3. The first-order valence-electron chi connectivity index (χ1n) is 8.15. The van der Waals surface area contributed by atoms with Crippen LogP contribution in [0.15, 0.2) is 28.1 Å². The lowest BCUT2D eigenvalue weighted by Crippen LogP contribution is -2.47. The van der Waals surface area contributed by atoms with Crippen LogP contribution in [-0.2, 0) is 9.53 Å². The van der Waals surface area contributed by atoms with E-state index < -0.39 is 0 Å². The Morgan fingerprint density at radius 1 is 1.24 bits per heavy atom. The minimum Gasteiger partial charge on any atom is -0.493 e. The number of carbonyl (C=O) groups is 1. The Kier molecular flexibility index (Phi) is 5.34. The van der Waals surface area contributed by atoms with Gasteiger partial charge in [0.1, 0.15) is 0 Å². The molecule has 134 valence electrons. The van der Waals surface area contributed by atoms with Gasteiger partial charge in [0, 0.05) is 18.7 Å². The Morgan fingerprint density at radius 3 is 2.60 bits per heavy atom. The molecule has 1 aromatic rings. The van der Waals surface area contributed by atoms with Crippen molar-refractivity contribution in [1.29, 1.82) is 0 Å². The van der Waals surface area contributed by atoms with Gasteiger partial charge < -0.3 is 19.1 Å². The quantitative estimate of drug-likeness (QED) is 0.771. The van der Waals surface area contributed by atoms with Gasteiger partial charge in [0.2, 0.25) is 0 Å². The van der Waals surface area contributed by atoms with Gasteiger partial charge in [-0.3, -0.25) is 4.79 Å². The molecular formula is C18H22N2O4S. The molecule has 1 saturated heterocycles. The second-order valence-corrected chi connectivity index (χ2v) is 7.06. The van der Waals surface area contributed by atoms with E-state index in [1.807, 2.05) is 32.0 Å². The number of carbonyl (C=O) groups excluding carboxylic acids is 1. The molecular weight excluding hydrogens is 340 g/mol. The lowest BCUT2D eigenvalue weighted by Gasteiger charge is -2.35. The van der Waals surface area contributed by atoms with E-state index in [0.717, 1.165) is 23.8 Å². The number of nitrogens with zero attached hydrogens (tertiary/aromatic N) is 2. The average Bonchev–Trinajstić information content (AvgIpc) is 2.94. The molecule has 0 N–H and O–H groups in total. The first-order valence-corrected chi connectivity index (χ1v) is 8.97. The fraction of sp³-hybridized carbons (Fsp3) is 0.444. The van der Waals surface area contributed by atoms with E-state index in [-0.39, 0.29) is 18.1 Å². The molecule has 0 aromatic heterocycles. The summed E-state index contributed by atoms with van der Waals surface area (Å²) < 4.78 is 16.5. The van der Waals surface area contributed by atoms with Gasteiger partial charge in [-0.25, -0.2) is 0 Å². The van der Waals surface area contributed by atoms with Crippen molar-refractivity contribution in [1.82, 2.24) is 4.90 Å². The number of thioether (sulfide) groups is 1. The maximum Gasteiger partial charge on any atom is 0.286 e. The molecule has 0 bridgehead atoms. The Balaban J connectivity index is 1.82. The van der Waals surface area contributed by atoms with Crippen molar-refractivity contribution in [3.8, 4) is 11.5 Å². The minimum absolute atomic E-state index is 0.119. The predicted molar refractivity (Wildman–Crippen MR) is 99.1 cm³/mol. The predicted octanol–water partition coefficient (Wildman–Crippen LogP) is 2.78. The third kappa shape index (κ3) is 3.82. The van der Waals surface area contributed by atoms with Crippen molar-refractivity contribution in [2.24, 2.45) is 4.99 Å². The zero-order chi connectivity index (χ0) is 18.0. The van der Waals surface area contributed by atoms with Crippen molar-refractivity contribution in [2.45, 2.75) is 26.1 Å². The van der Waals surface area contributed by atoms with E-state index in [1.54, 1.807) is 20.3 Å². The topological polar surface area (TPSA) is 60.4 Å². The zero-order valence-electron chi connectivity index (χ0n) is 14.8. The SMILES string of the molecule is COc1cccc(/C=C2\SC(N3C[C@H](C)O[C@@H](C)C3)=NC2=O)c1OC. The highest BCUT2D eigenvalue weighted by Gasteiger charge is 2.31. The summed E-state index contributed by atoms with van der Waals surface area (Å²) in [5, 5.41) is 0.736. The number of hydrogen-bond acceptors (Lipinski definition) is 6. The van der Waals surface area contributed by atoms with Gasteiger partial charge >= 0.3 is 0 Å². The molecule has 3 rings (SSSR count). The van der Waals surface area contributed by atoms with Gasteiger partial charge in [-0.15, -0.1) is 0 Å². The molecule has 0 radical (unpaired) electrons. The number of aliphatic imine (C=N–C) groups is 1.